The quantitative estimate of drug-likeness (QED) is 0.354. The van der Waals surface area contributed by atoms with E-state index in [2.05, 4.69) is 29.4 Å². The first-order valence-electron chi connectivity index (χ1n) is 11.4. The summed E-state index contributed by atoms with van der Waals surface area (Å²) in [5, 5.41) is 22.4. The van der Waals surface area contributed by atoms with Gasteiger partial charge in [-0.15, -0.1) is 33.9 Å². The van der Waals surface area contributed by atoms with E-state index < -0.39 is 24.0 Å². The molecule has 0 radical (unpaired) electrons. The van der Waals surface area contributed by atoms with Crippen molar-refractivity contribution < 1.29 is 14.7 Å². The average Bonchev–Trinajstić information content (AvgIpc) is 3.31. The van der Waals surface area contributed by atoms with Gasteiger partial charge in [0.05, 0.1) is 12.1 Å². The first-order valence-corrected chi connectivity index (χ1v) is 12.6. The molecule has 9 nitrogen and oxygen atoms in total. The monoisotopic (exact) mass is 562 g/mol. The molecule has 0 bridgehead atoms. The number of aryl methyl sites for hydroxylation is 2. The number of carbonyl (C=O) groups is 2. The maximum absolute atomic E-state index is 13.0. The third kappa shape index (κ3) is 5.93. The molecule has 12 heteroatoms. The largest absolute Gasteiger partial charge is 0.480 e. The molecule has 0 spiro atoms. The molecule has 1 aliphatic heterocycles. The van der Waals surface area contributed by atoms with Crippen molar-refractivity contribution in [1.82, 2.24) is 20.1 Å². The van der Waals surface area contributed by atoms with E-state index >= 15 is 0 Å². The van der Waals surface area contributed by atoms with Crippen molar-refractivity contribution in [1.29, 1.82) is 0 Å². The first kappa shape index (κ1) is 28.5. The molecule has 4 N–H and O–H groups in total. The number of benzene rings is 1. The Labute approximate surface area is 229 Å². The van der Waals surface area contributed by atoms with E-state index in [1.165, 1.54) is 0 Å². The minimum absolute atomic E-state index is 0. The Hall–Kier alpha value is -3.05. The summed E-state index contributed by atoms with van der Waals surface area (Å²) < 4.78 is 1.95. The zero-order valence-corrected chi connectivity index (χ0v) is 23.0. The molecule has 1 amide bonds. The van der Waals surface area contributed by atoms with Gasteiger partial charge in [0.25, 0.3) is 0 Å². The standard InChI is InChI=1S/C25H27ClN6O3S.ClH/c1-13-14(2)36-24-21(13)22(16-7-9-17(26)10-8-16)29-19(23-31-30-15(3)32(23)24)12-20(33)28-18(25(34)35)6-4-5-11-27;/h4-5,7-10,18-19H,6,11-12,27H2,1-3H3,(H,28,33)(H,34,35);1H/b5-4+;/t18?,19-;/m0./s1. The summed E-state index contributed by atoms with van der Waals surface area (Å²) in [7, 11) is 0. The summed E-state index contributed by atoms with van der Waals surface area (Å²) in [6, 6.07) is 5.66. The number of halogens is 2. The summed E-state index contributed by atoms with van der Waals surface area (Å²) in [5.41, 5.74) is 9.07. The lowest BCUT2D eigenvalue weighted by molar-refractivity contribution is -0.141. The van der Waals surface area contributed by atoms with Crippen molar-refractivity contribution in [3.8, 4) is 5.00 Å². The Kier molecular flexibility index (Phi) is 9.25. The minimum atomic E-state index is -1.12. The molecule has 3 heterocycles. The number of nitrogens with zero attached hydrogens (tertiary/aromatic N) is 4. The molecule has 0 fully saturated rings. The number of thiophene rings is 1. The number of aromatic nitrogens is 3. The zero-order chi connectivity index (χ0) is 26.0. The Bertz CT molecular complexity index is 1360. The minimum Gasteiger partial charge on any atom is -0.480 e. The van der Waals surface area contributed by atoms with Gasteiger partial charge in [-0.05, 0) is 44.9 Å². The van der Waals surface area contributed by atoms with Gasteiger partial charge in [0.2, 0.25) is 5.91 Å². The Morgan fingerprint density at radius 3 is 2.57 bits per heavy atom. The van der Waals surface area contributed by atoms with Crippen LogP contribution in [0.25, 0.3) is 5.00 Å². The average molecular weight is 564 g/mol. The van der Waals surface area contributed by atoms with Crippen LogP contribution >= 0.6 is 35.3 Å². The Morgan fingerprint density at radius 2 is 1.92 bits per heavy atom. The maximum atomic E-state index is 13.0. The Balaban J connectivity index is 0.00000380. The number of aliphatic imine (C=N–C) groups is 1. The van der Waals surface area contributed by atoms with E-state index in [1.54, 1.807) is 35.6 Å². The smallest absolute Gasteiger partial charge is 0.326 e. The number of rotatable bonds is 8. The predicted molar refractivity (Wildman–Crippen MR) is 148 cm³/mol. The van der Waals surface area contributed by atoms with Gasteiger partial charge in [-0.3, -0.25) is 14.4 Å². The van der Waals surface area contributed by atoms with E-state index in [1.807, 2.05) is 23.6 Å². The summed E-state index contributed by atoms with van der Waals surface area (Å²) in [5.74, 6) is -0.355. The highest BCUT2D eigenvalue weighted by Gasteiger charge is 2.33. The van der Waals surface area contributed by atoms with Gasteiger partial charge in [-0.2, -0.15) is 0 Å². The Morgan fingerprint density at radius 1 is 1.22 bits per heavy atom. The van der Waals surface area contributed by atoms with E-state index in [-0.39, 0.29) is 25.2 Å². The molecule has 0 aliphatic carbocycles. The lowest BCUT2D eigenvalue weighted by atomic mass is 9.99. The fraction of sp³-hybridized carbons (Fsp3) is 0.320. The summed E-state index contributed by atoms with van der Waals surface area (Å²) >= 11 is 7.76. The van der Waals surface area contributed by atoms with Crippen LogP contribution in [0.3, 0.4) is 0 Å². The number of hydrogen-bond donors (Lipinski definition) is 3. The lowest BCUT2D eigenvalue weighted by Gasteiger charge is -2.16. The molecule has 4 rings (SSSR count). The zero-order valence-electron chi connectivity index (χ0n) is 20.6. The molecular formula is C25H28Cl2N6O3S. The van der Waals surface area contributed by atoms with Crippen molar-refractivity contribution in [2.45, 2.75) is 45.7 Å². The molecule has 1 aliphatic rings. The van der Waals surface area contributed by atoms with Crippen LogP contribution in [0.15, 0.2) is 41.4 Å². The topological polar surface area (TPSA) is 135 Å². The second kappa shape index (κ2) is 12.0. The van der Waals surface area contributed by atoms with Gasteiger partial charge in [0.15, 0.2) is 5.82 Å². The van der Waals surface area contributed by atoms with Crippen molar-refractivity contribution in [3.05, 3.63) is 74.7 Å². The molecule has 2 aromatic heterocycles. The van der Waals surface area contributed by atoms with Gasteiger partial charge in [-0.1, -0.05) is 35.9 Å². The van der Waals surface area contributed by atoms with Crippen molar-refractivity contribution in [2.75, 3.05) is 6.54 Å². The number of aliphatic carboxylic acids is 1. The molecule has 0 saturated heterocycles. The number of carbonyl (C=O) groups excluding carboxylic acids is 1. The SMILES string of the molecule is Cc1sc2c(c1C)C(c1ccc(Cl)cc1)=N[C@@H](CC(=O)NC(C/C=C/CN)C(=O)O)c1nnc(C)n1-2.Cl. The van der Waals surface area contributed by atoms with Gasteiger partial charge in [0, 0.05) is 27.6 Å². The number of carboxylic acids is 1. The normalized spacial score (nSPS) is 15.3. The highest BCUT2D eigenvalue weighted by molar-refractivity contribution is 7.15. The van der Waals surface area contributed by atoms with Gasteiger partial charge < -0.3 is 16.2 Å². The molecular weight excluding hydrogens is 535 g/mol. The van der Waals surface area contributed by atoms with Crippen LogP contribution in [-0.2, 0) is 9.59 Å². The van der Waals surface area contributed by atoms with Crippen molar-refractivity contribution >= 4 is 52.9 Å². The second-order valence-electron chi connectivity index (χ2n) is 8.51. The van der Waals surface area contributed by atoms with E-state index in [4.69, 9.17) is 22.3 Å². The number of nitrogens with one attached hydrogen (secondary N) is 1. The van der Waals surface area contributed by atoms with Crippen molar-refractivity contribution in [2.24, 2.45) is 10.7 Å². The highest BCUT2D eigenvalue weighted by atomic mass is 35.5. The van der Waals surface area contributed by atoms with E-state index in [9.17, 15) is 14.7 Å². The number of nitrogens with two attached hydrogens (primary N) is 1. The van der Waals surface area contributed by atoms with Crippen LogP contribution in [0.4, 0.5) is 0 Å². The third-order valence-electron chi connectivity index (χ3n) is 6.04. The fourth-order valence-electron chi connectivity index (χ4n) is 4.11. The molecule has 37 heavy (non-hydrogen) atoms. The van der Waals surface area contributed by atoms with Crippen molar-refractivity contribution in [3.63, 3.8) is 0 Å². The number of hydrogen-bond acceptors (Lipinski definition) is 7. The fourth-order valence-corrected chi connectivity index (χ4v) is 5.45. The maximum Gasteiger partial charge on any atom is 0.326 e. The lowest BCUT2D eigenvalue weighted by Crippen LogP contribution is -2.41. The van der Waals surface area contributed by atoms with Gasteiger partial charge in [0.1, 0.15) is 22.9 Å². The van der Waals surface area contributed by atoms with Crippen LogP contribution in [0.1, 0.15) is 52.1 Å². The second-order valence-corrected chi connectivity index (χ2v) is 10.1. The number of amides is 1. The van der Waals surface area contributed by atoms with Gasteiger partial charge in [-0.25, -0.2) is 4.79 Å². The molecule has 3 aromatic rings. The highest BCUT2D eigenvalue weighted by Crippen LogP contribution is 2.39. The number of carboxylic acid groups (broad SMARTS) is 1. The van der Waals surface area contributed by atoms with Gasteiger partial charge >= 0.3 is 5.97 Å². The van der Waals surface area contributed by atoms with Crippen LogP contribution < -0.4 is 11.1 Å². The molecule has 1 unspecified atom stereocenters. The predicted octanol–water partition coefficient (Wildman–Crippen LogP) is 4.09. The molecule has 196 valence electrons. The molecule has 1 aromatic carbocycles. The first-order chi connectivity index (χ1) is 17.2. The van der Waals surface area contributed by atoms with Crippen LogP contribution in [-0.4, -0.2) is 50.0 Å². The number of fused-ring (bicyclic) bond motifs is 3. The van der Waals surface area contributed by atoms with Crippen LogP contribution in [0.2, 0.25) is 5.02 Å². The van der Waals surface area contributed by atoms with E-state index in [0.29, 0.717) is 23.2 Å². The summed E-state index contributed by atoms with van der Waals surface area (Å²) in [4.78, 5) is 30.9. The summed E-state index contributed by atoms with van der Waals surface area (Å²) in [6.45, 7) is 6.26. The molecule has 0 saturated carbocycles. The van der Waals surface area contributed by atoms with Crippen LogP contribution in [0, 0.1) is 20.8 Å². The third-order valence-corrected chi connectivity index (χ3v) is 7.49. The summed E-state index contributed by atoms with van der Waals surface area (Å²) in [6.07, 6.45) is 3.34. The van der Waals surface area contributed by atoms with Crippen LogP contribution in [0.5, 0.6) is 0 Å². The molecule has 2 atom stereocenters. The van der Waals surface area contributed by atoms with E-state index in [0.717, 1.165) is 32.3 Å².